The van der Waals surface area contributed by atoms with E-state index in [0.29, 0.717) is 0 Å². The maximum absolute atomic E-state index is 6.92. The molecule has 2 aliphatic carbocycles. The number of hydrogen-bond acceptors (Lipinski definition) is 2. The van der Waals surface area contributed by atoms with E-state index in [2.05, 4.69) is 53.5 Å². The smallest absolute Gasteiger partial charge is 0.192 e. The summed E-state index contributed by atoms with van der Waals surface area (Å²) in [7, 11) is -3.24. The van der Waals surface area contributed by atoms with Gasteiger partial charge in [0.05, 0.1) is 11.8 Å². The minimum Gasteiger partial charge on any atom is -0.408 e. The Bertz CT molecular complexity index is 683. The second kappa shape index (κ2) is 6.86. The minimum atomic E-state index is -1.79. The van der Waals surface area contributed by atoms with Crippen LogP contribution >= 0.6 is 0 Å². The van der Waals surface area contributed by atoms with Crippen LogP contribution < -0.4 is 5.32 Å². The van der Waals surface area contributed by atoms with Crippen molar-refractivity contribution in [3.8, 4) is 0 Å². The predicted octanol–water partition coefficient (Wildman–Crippen LogP) is 5.90. The van der Waals surface area contributed by atoms with Crippen LogP contribution in [0.3, 0.4) is 0 Å². The Morgan fingerprint density at radius 1 is 0.846 bits per heavy atom. The first-order chi connectivity index (χ1) is 11.9. The molecule has 146 valence electrons. The highest BCUT2D eigenvalue weighted by molar-refractivity contribution is 6.88. The van der Waals surface area contributed by atoms with Crippen molar-refractivity contribution in [2.75, 3.05) is 0 Å². The summed E-state index contributed by atoms with van der Waals surface area (Å²) in [5.41, 5.74) is 6.24. The highest BCUT2D eigenvalue weighted by atomic mass is 28.4. The van der Waals surface area contributed by atoms with Gasteiger partial charge < -0.3 is 4.43 Å². The lowest BCUT2D eigenvalue weighted by molar-refractivity contribution is 0.158. The summed E-state index contributed by atoms with van der Waals surface area (Å²) in [5, 5.41) is 1.73. The maximum Gasteiger partial charge on any atom is 0.192 e. The molecule has 0 radical (unpaired) electrons. The second-order valence-electron chi connectivity index (χ2n) is 11.0. The molecule has 1 unspecified atom stereocenters. The lowest BCUT2D eigenvalue weighted by atomic mass is 9.83. The van der Waals surface area contributed by atoms with Gasteiger partial charge in [-0.2, -0.15) is 0 Å². The van der Waals surface area contributed by atoms with Crippen LogP contribution in [0.25, 0.3) is 0 Å². The van der Waals surface area contributed by atoms with Crippen LogP contribution in [0.5, 0.6) is 0 Å². The molecule has 1 atom stereocenters. The molecule has 2 nitrogen and oxygen atoms in total. The van der Waals surface area contributed by atoms with E-state index in [9.17, 15) is 0 Å². The zero-order valence-corrected chi connectivity index (χ0v) is 20.4. The molecule has 1 aromatic heterocycles. The van der Waals surface area contributed by atoms with Gasteiger partial charge >= 0.3 is 0 Å². The van der Waals surface area contributed by atoms with Crippen molar-refractivity contribution in [1.29, 1.82) is 0 Å². The fraction of sp³-hybridized carbons (Fsp3) is 0.773. The first-order valence-electron chi connectivity index (χ1n) is 10.6. The molecule has 1 heterocycles. The van der Waals surface area contributed by atoms with Crippen molar-refractivity contribution in [3.05, 3.63) is 22.4 Å². The maximum atomic E-state index is 6.92. The molecule has 1 aromatic rings. The van der Waals surface area contributed by atoms with Gasteiger partial charge in [-0.05, 0) is 79.8 Å². The SMILES string of the molecule is CC(C)(C)[Si](C)(C)OC1CCCc2c1nc([Si](C)(C)C)c1c2CCCC1. The van der Waals surface area contributed by atoms with Crippen LogP contribution in [0.15, 0.2) is 0 Å². The standard InChI is InChI=1S/C22H39NOSi2/c1-22(2,3)26(7,8)24-19-15-11-14-17-16-12-9-10-13-18(16)21(23-20(17)19)25(4,5)6/h19H,9-15H2,1-8H3. The molecule has 0 aliphatic heterocycles. The Morgan fingerprint density at radius 3 is 2.00 bits per heavy atom. The third-order valence-electron chi connectivity index (χ3n) is 6.81. The first kappa shape index (κ1) is 20.3. The number of aromatic nitrogens is 1. The number of fused-ring (bicyclic) bond motifs is 3. The number of rotatable bonds is 3. The molecule has 26 heavy (non-hydrogen) atoms. The van der Waals surface area contributed by atoms with Crippen molar-refractivity contribution in [3.63, 3.8) is 0 Å². The number of nitrogens with zero attached hydrogens (tertiary/aromatic N) is 1. The van der Waals surface area contributed by atoms with Crippen molar-refractivity contribution in [2.24, 2.45) is 0 Å². The molecule has 0 bridgehead atoms. The van der Waals surface area contributed by atoms with Gasteiger partial charge in [0.25, 0.3) is 0 Å². The van der Waals surface area contributed by atoms with E-state index in [-0.39, 0.29) is 11.1 Å². The normalized spacial score (nSPS) is 21.3. The van der Waals surface area contributed by atoms with Crippen LogP contribution in [0.4, 0.5) is 0 Å². The van der Waals surface area contributed by atoms with E-state index in [1.165, 1.54) is 49.5 Å². The van der Waals surface area contributed by atoms with Crippen molar-refractivity contribution in [1.82, 2.24) is 4.98 Å². The third kappa shape index (κ3) is 3.74. The Labute approximate surface area is 163 Å². The molecule has 0 saturated heterocycles. The minimum absolute atomic E-state index is 0.224. The van der Waals surface area contributed by atoms with Crippen LogP contribution in [-0.2, 0) is 23.7 Å². The van der Waals surface area contributed by atoms with Crippen LogP contribution in [0.1, 0.15) is 74.9 Å². The highest BCUT2D eigenvalue weighted by Gasteiger charge is 2.41. The predicted molar refractivity (Wildman–Crippen MR) is 118 cm³/mol. The fourth-order valence-electron chi connectivity index (χ4n) is 4.32. The number of pyridine rings is 1. The van der Waals surface area contributed by atoms with Crippen LogP contribution in [0.2, 0.25) is 37.8 Å². The van der Waals surface area contributed by atoms with E-state index in [1.54, 1.807) is 16.7 Å². The molecule has 0 amide bonds. The zero-order valence-electron chi connectivity index (χ0n) is 18.4. The zero-order chi connectivity index (χ0) is 19.3. The first-order valence-corrected chi connectivity index (χ1v) is 17.1. The number of hydrogen-bond donors (Lipinski definition) is 0. The summed E-state index contributed by atoms with van der Waals surface area (Å²) in [6.45, 7) is 19.2. The Balaban J connectivity index is 2.09. The molecule has 0 aromatic carbocycles. The van der Waals surface area contributed by atoms with Crippen molar-refractivity contribution in [2.45, 2.75) is 110 Å². The summed E-state index contributed by atoms with van der Waals surface area (Å²) in [6.07, 6.45) is 9.06. The van der Waals surface area contributed by atoms with E-state index in [1.807, 2.05) is 0 Å². The van der Waals surface area contributed by atoms with E-state index >= 15 is 0 Å². The van der Waals surface area contributed by atoms with Gasteiger partial charge in [0.2, 0.25) is 0 Å². The third-order valence-corrected chi connectivity index (χ3v) is 13.1. The molecule has 0 N–H and O–H groups in total. The molecular formula is C22H39NOSi2. The van der Waals surface area contributed by atoms with Gasteiger partial charge in [0.1, 0.15) is 8.07 Å². The molecule has 4 heteroatoms. The molecule has 2 aliphatic rings. The average Bonchev–Trinajstić information content (AvgIpc) is 2.52. The van der Waals surface area contributed by atoms with Crippen molar-refractivity contribution >= 4 is 21.7 Å². The molecule has 0 saturated carbocycles. The Kier molecular flexibility index (Phi) is 5.35. The van der Waals surface area contributed by atoms with Gasteiger partial charge in [-0.3, -0.25) is 4.98 Å². The Morgan fingerprint density at radius 2 is 1.42 bits per heavy atom. The quantitative estimate of drug-likeness (QED) is 0.600. The van der Waals surface area contributed by atoms with E-state index in [0.717, 1.165) is 6.42 Å². The molecular weight excluding hydrogens is 350 g/mol. The summed E-state index contributed by atoms with van der Waals surface area (Å²) in [5.74, 6) is 0. The van der Waals surface area contributed by atoms with Gasteiger partial charge in [0, 0.05) is 5.32 Å². The molecule has 0 fully saturated rings. The lowest BCUT2D eigenvalue weighted by Crippen LogP contribution is -2.47. The van der Waals surface area contributed by atoms with E-state index in [4.69, 9.17) is 9.41 Å². The summed E-state index contributed by atoms with van der Waals surface area (Å²) < 4.78 is 6.92. The van der Waals surface area contributed by atoms with Crippen molar-refractivity contribution < 1.29 is 4.43 Å². The summed E-state index contributed by atoms with van der Waals surface area (Å²) in [4.78, 5) is 5.40. The van der Waals surface area contributed by atoms with Crippen LogP contribution in [0, 0.1) is 0 Å². The van der Waals surface area contributed by atoms with Gasteiger partial charge in [-0.1, -0.05) is 40.4 Å². The molecule has 0 spiro atoms. The fourth-order valence-corrected chi connectivity index (χ4v) is 7.25. The summed E-state index contributed by atoms with van der Waals surface area (Å²) in [6, 6.07) is 0. The van der Waals surface area contributed by atoms with E-state index < -0.39 is 16.4 Å². The van der Waals surface area contributed by atoms with Crippen LogP contribution in [-0.4, -0.2) is 21.4 Å². The lowest BCUT2D eigenvalue weighted by Gasteiger charge is -2.41. The monoisotopic (exact) mass is 389 g/mol. The van der Waals surface area contributed by atoms with Gasteiger partial charge in [-0.25, -0.2) is 0 Å². The highest BCUT2D eigenvalue weighted by Crippen LogP contribution is 2.43. The average molecular weight is 390 g/mol. The van der Waals surface area contributed by atoms with Gasteiger partial charge in [-0.15, -0.1) is 0 Å². The van der Waals surface area contributed by atoms with Gasteiger partial charge in [0.15, 0.2) is 8.32 Å². The molecule has 3 rings (SSSR count). The topological polar surface area (TPSA) is 22.1 Å². The Hall–Kier alpha value is -0.456. The second-order valence-corrected chi connectivity index (χ2v) is 20.7. The summed E-state index contributed by atoms with van der Waals surface area (Å²) >= 11 is 0. The largest absolute Gasteiger partial charge is 0.408 e.